The summed E-state index contributed by atoms with van der Waals surface area (Å²) in [4.78, 5) is 17.0. The Morgan fingerprint density at radius 1 is 1.13 bits per heavy atom. The molecule has 0 spiro atoms. The molecule has 0 aliphatic rings. The molecule has 2 aromatic carbocycles. The maximum atomic E-state index is 12.6. The van der Waals surface area contributed by atoms with Crippen molar-refractivity contribution < 1.29 is 14.3 Å². The molecule has 0 saturated heterocycles. The van der Waals surface area contributed by atoms with E-state index in [4.69, 9.17) is 9.47 Å². The Kier molecular flexibility index (Phi) is 6.57. The summed E-state index contributed by atoms with van der Waals surface area (Å²) in [5, 5.41) is 6.27. The first-order valence-corrected chi connectivity index (χ1v) is 11.2. The number of rotatable bonds is 9. The van der Waals surface area contributed by atoms with E-state index in [-0.39, 0.29) is 11.8 Å². The van der Waals surface area contributed by atoms with Crippen LogP contribution < -0.4 is 14.8 Å². The lowest BCUT2D eigenvalue weighted by molar-refractivity contribution is -0.120. The molecule has 0 bridgehead atoms. The Balaban J connectivity index is 1.65. The van der Waals surface area contributed by atoms with Gasteiger partial charge in [-0.1, -0.05) is 30.3 Å². The number of nitrogens with one attached hydrogen (secondary N) is 2. The molecule has 2 N–H and O–H groups in total. The standard InChI is InChI=1S/C25H26N2O3S/c1-3-30-23-11-10-17(13-24(23)29-2)20(15-27-25(28)14-18-7-6-12-31-18)21-16-26-22-9-5-4-8-19(21)22/h4-13,16,20,26H,3,14-15H2,1-2H3,(H,27,28). The smallest absolute Gasteiger partial charge is 0.225 e. The van der Waals surface area contributed by atoms with Crippen LogP contribution in [0.25, 0.3) is 10.9 Å². The highest BCUT2D eigenvalue weighted by Gasteiger charge is 2.21. The summed E-state index contributed by atoms with van der Waals surface area (Å²) in [6, 6.07) is 18.1. The predicted molar refractivity (Wildman–Crippen MR) is 125 cm³/mol. The first-order valence-electron chi connectivity index (χ1n) is 10.4. The molecule has 0 aliphatic heterocycles. The van der Waals surface area contributed by atoms with Crippen molar-refractivity contribution in [3.63, 3.8) is 0 Å². The highest BCUT2D eigenvalue weighted by atomic mass is 32.1. The maximum Gasteiger partial charge on any atom is 0.225 e. The van der Waals surface area contributed by atoms with Gasteiger partial charge in [-0.2, -0.15) is 0 Å². The van der Waals surface area contributed by atoms with Crippen molar-refractivity contribution in [1.82, 2.24) is 10.3 Å². The van der Waals surface area contributed by atoms with Gasteiger partial charge in [0.25, 0.3) is 0 Å². The van der Waals surface area contributed by atoms with Crippen LogP contribution in [0.1, 0.15) is 28.8 Å². The van der Waals surface area contributed by atoms with E-state index in [2.05, 4.69) is 22.4 Å². The minimum absolute atomic E-state index is 0.0187. The topological polar surface area (TPSA) is 63.3 Å². The molecular formula is C25H26N2O3S. The molecule has 31 heavy (non-hydrogen) atoms. The summed E-state index contributed by atoms with van der Waals surface area (Å²) in [6.45, 7) is 3.01. The fourth-order valence-electron chi connectivity index (χ4n) is 3.82. The molecule has 0 saturated carbocycles. The Bertz CT molecular complexity index is 1150. The number of methoxy groups -OCH3 is 1. The molecule has 6 heteroatoms. The average molecular weight is 435 g/mol. The molecule has 0 aliphatic carbocycles. The van der Waals surface area contributed by atoms with Crippen LogP contribution in [0.4, 0.5) is 0 Å². The van der Waals surface area contributed by atoms with E-state index in [1.54, 1.807) is 18.4 Å². The number of hydrogen-bond donors (Lipinski definition) is 2. The second kappa shape index (κ2) is 9.71. The van der Waals surface area contributed by atoms with Crippen molar-refractivity contribution in [2.24, 2.45) is 0 Å². The number of hydrogen-bond acceptors (Lipinski definition) is 4. The second-order valence-electron chi connectivity index (χ2n) is 7.25. The molecule has 2 heterocycles. The normalized spacial score (nSPS) is 11.9. The third kappa shape index (κ3) is 4.75. The first-order chi connectivity index (χ1) is 15.2. The van der Waals surface area contributed by atoms with Crippen LogP contribution in [0.3, 0.4) is 0 Å². The van der Waals surface area contributed by atoms with Gasteiger partial charge in [-0.15, -0.1) is 11.3 Å². The van der Waals surface area contributed by atoms with Crippen LogP contribution >= 0.6 is 11.3 Å². The Morgan fingerprint density at radius 3 is 2.77 bits per heavy atom. The zero-order chi connectivity index (χ0) is 21.6. The third-order valence-electron chi connectivity index (χ3n) is 5.30. The quantitative estimate of drug-likeness (QED) is 0.384. The molecule has 1 atom stereocenters. The molecule has 0 radical (unpaired) electrons. The van der Waals surface area contributed by atoms with Crippen molar-refractivity contribution in [3.8, 4) is 11.5 Å². The predicted octanol–water partition coefficient (Wildman–Crippen LogP) is 5.13. The number of carbonyl (C=O) groups excluding carboxylic acids is 1. The van der Waals surface area contributed by atoms with Gasteiger partial charge in [-0.05, 0) is 47.7 Å². The Morgan fingerprint density at radius 2 is 2.00 bits per heavy atom. The van der Waals surface area contributed by atoms with Crippen molar-refractivity contribution in [2.75, 3.05) is 20.3 Å². The van der Waals surface area contributed by atoms with Gasteiger partial charge in [0.05, 0.1) is 20.1 Å². The fraction of sp³-hybridized carbons (Fsp3) is 0.240. The molecule has 1 amide bonds. The van der Waals surface area contributed by atoms with E-state index in [1.165, 1.54) is 0 Å². The van der Waals surface area contributed by atoms with Crippen molar-refractivity contribution in [1.29, 1.82) is 0 Å². The molecule has 5 nitrogen and oxygen atoms in total. The van der Waals surface area contributed by atoms with Gasteiger partial charge in [-0.3, -0.25) is 4.79 Å². The zero-order valence-corrected chi connectivity index (χ0v) is 18.5. The second-order valence-corrected chi connectivity index (χ2v) is 8.28. The van der Waals surface area contributed by atoms with Crippen LogP contribution in [0, 0.1) is 0 Å². The summed E-state index contributed by atoms with van der Waals surface area (Å²) < 4.78 is 11.3. The summed E-state index contributed by atoms with van der Waals surface area (Å²) in [5.74, 6) is 1.39. The van der Waals surface area contributed by atoms with Crippen LogP contribution in [-0.4, -0.2) is 31.2 Å². The molecule has 0 fully saturated rings. The molecule has 4 aromatic rings. The van der Waals surface area contributed by atoms with E-state index in [1.807, 2.05) is 61.0 Å². The van der Waals surface area contributed by atoms with Gasteiger partial charge in [-0.25, -0.2) is 0 Å². The zero-order valence-electron chi connectivity index (χ0n) is 17.7. The monoisotopic (exact) mass is 434 g/mol. The van der Waals surface area contributed by atoms with Crippen molar-refractivity contribution in [3.05, 3.63) is 82.2 Å². The van der Waals surface area contributed by atoms with Crippen molar-refractivity contribution >= 4 is 28.1 Å². The molecule has 160 valence electrons. The highest BCUT2D eigenvalue weighted by Crippen LogP contribution is 2.35. The van der Waals surface area contributed by atoms with Gasteiger partial charge < -0.3 is 19.8 Å². The lowest BCUT2D eigenvalue weighted by atomic mass is 9.90. The van der Waals surface area contributed by atoms with Gasteiger partial charge in [0.2, 0.25) is 5.91 Å². The van der Waals surface area contributed by atoms with E-state index < -0.39 is 0 Å². The van der Waals surface area contributed by atoms with Crippen LogP contribution in [0.2, 0.25) is 0 Å². The lowest BCUT2D eigenvalue weighted by Gasteiger charge is -2.20. The number of para-hydroxylation sites is 1. The highest BCUT2D eigenvalue weighted by molar-refractivity contribution is 7.10. The summed E-state index contributed by atoms with van der Waals surface area (Å²) >= 11 is 1.60. The third-order valence-corrected chi connectivity index (χ3v) is 6.18. The van der Waals surface area contributed by atoms with E-state index in [0.717, 1.165) is 26.9 Å². The Hall–Kier alpha value is -3.25. The Labute approximate surface area is 186 Å². The van der Waals surface area contributed by atoms with Crippen LogP contribution in [0.5, 0.6) is 11.5 Å². The molecule has 2 aromatic heterocycles. The van der Waals surface area contributed by atoms with Crippen LogP contribution in [0.15, 0.2) is 66.2 Å². The summed E-state index contributed by atoms with van der Waals surface area (Å²) in [5.41, 5.74) is 3.27. The van der Waals surface area contributed by atoms with Crippen LogP contribution in [-0.2, 0) is 11.2 Å². The molecule has 1 unspecified atom stereocenters. The fourth-order valence-corrected chi connectivity index (χ4v) is 4.52. The minimum Gasteiger partial charge on any atom is -0.493 e. The number of ether oxygens (including phenoxy) is 2. The number of aromatic nitrogens is 1. The largest absolute Gasteiger partial charge is 0.493 e. The van der Waals surface area contributed by atoms with E-state index in [0.29, 0.717) is 31.1 Å². The number of benzene rings is 2. The van der Waals surface area contributed by atoms with Gasteiger partial charge in [0.15, 0.2) is 11.5 Å². The van der Waals surface area contributed by atoms with Crippen molar-refractivity contribution in [2.45, 2.75) is 19.3 Å². The molecule has 4 rings (SSSR count). The lowest BCUT2D eigenvalue weighted by Crippen LogP contribution is -2.30. The first kappa shape index (κ1) is 21.0. The number of H-pyrrole nitrogens is 1. The minimum atomic E-state index is -0.0342. The number of amides is 1. The maximum absolute atomic E-state index is 12.6. The van der Waals surface area contributed by atoms with Gasteiger partial charge in [0.1, 0.15) is 0 Å². The van der Waals surface area contributed by atoms with Gasteiger partial charge >= 0.3 is 0 Å². The number of thiophene rings is 1. The number of fused-ring (bicyclic) bond motifs is 1. The SMILES string of the molecule is CCOc1ccc(C(CNC(=O)Cc2cccs2)c2c[nH]c3ccccc23)cc1OC. The number of carbonyl (C=O) groups is 1. The number of aromatic amines is 1. The summed E-state index contributed by atoms with van der Waals surface area (Å²) in [6.07, 6.45) is 2.43. The van der Waals surface area contributed by atoms with E-state index >= 15 is 0 Å². The summed E-state index contributed by atoms with van der Waals surface area (Å²) in [7, 11) is 1.64. The van der Waals surface area contributed by atoms with E-state index in [9.17, 15) is 4.79 Å². The molecular weight excluding hydrogens is 408 g/mol. The average Bonchev–Trinajstić information content (AvgIpc) is 3.45. The van der Waals surface area contributed by atoms with Gasteiger partial charge in [0, 0.05) is 34.4 Å².